The molecule has 0 spiro atoms. The van der Waals surface area contributed by atoms with Gasteiger partial charge < -0.3 is 10.1 Å². The van der Waals surface area contributed by atoms with Crippen molar-refractivity contribution >= 4 is 54.4 Å². The second-order valence-corrected chi connectivity index (χ2v) is 11.0. The fraction of sp³-hybridized carbons (Fsp3) is 0.333. The molecule has 1 aromatic heterocycles. The molecule has 1 aliphatic rings. The summed E-state index contributed by atoms with van der Waals surface area (Å²) in [6.45, 7) is 0.553. The first-order valence-electron chi connectivity index (χ1n) is 9.81. The number of anilines is 1. The lowest BCUT2D eigenvalue weighted by molar-refractivity contribution is -0.120. The van der Waals surface area contributed by atoms with E-state index in [0.29, 0.717) is 30.3 Å². The first-order chi connectivity index (χ1) is 14.9. The summed E-state index contributed by atoms with van der Waals surface area (Å²) in [4.78, 5) is 18.7. The Balaban J connectivity index is 1.48. The Morgan fingerprint density at radius 2 is 2.03 bits per heavy atom. The number of nitrogens with zero attached hydrogens (tertiary/aromatic N) is 2. The number of carbonyl (C=O) groups excluding carboxylic acids is 1. The maximum atomic E-state index is 13.0. The summed E-state index contributed by atoms with van der Waals surface area (Å²) in [6, 6.07) is 12.3. The molecule has 2 aromatic carbocycles. The molecule has 1 amide bonds. The van der Waals surface area contributed by atoms with Crippen molar-refractivity contribution in [3.8, 4) is 5.75 Å². The summed E-state index contributed by atoms with van der Waals surface area (Å²) >= 11 is 3.04. The number of aromatic nitrogens is 1. The Morgan fingerprint density at radius 1 is 1.26 bits per heavy atom. The Hall–Kier alpha value is -2.14. The van der Waals surface area contributed by atoms with Gasteiger partial charge >= 0.3 is 0 Å². The van der Waals surface area contributed by atoms with Crippen molar-refractivity contribution in [2.75, 3.05) is 31.8 Å². The summed E-state index contributed by atoms with van der Waals surface area (Å²) in [7, 11) is -2.14. The average molecular weight is 478 g/mol. The predicted octanol–water partition coefficient (Wildman–Crippen LogP) is 4.07. The lowest BCUT2D eigenvalue weighted by Crippen LogP contribution is -2.43. The van der Waals surface area contributed by atoms with Crippen LogP contribution in [0.1, 0.15) is 12.8 Å². The zero-order chi connectivity index (χ0) is 22.0. The minimum Gasteiger partial charge on any atom is -0.497 e. The molecule has 1 fully saturated rings. The zero-order valence-electron chi connectivity index (χ0n) is 17.2. The number of ether oxygens (including phenoxy) is 1. The van der Waals surface area contributed by atoms with Crippen LogP contribution in [0.15, 0.2) is 52.3 Å². The van der Waals surface area contributed by atoms with E-state index in [4.69, 9.17) is 4.74 Å². The summed E-state index contributed by atoms with van der Waals surface area (Å²) in [6.07, 6.45) is 3.26. The fourth-order valence-corrected chi connectivity index (χ4v) is 6.67. The van der Waals surface area contributed by atoms with E-state index < -0.39 is 15.9 Å². The minimum absolute atomic E-state index is 0.154. The Bertz CT molecular complexity index is 1190. The van der Waals surface area contributed by atoms with Crippen molar-refractivity contribution < 1.29 is 17.9 Å². The number of methoxy groups -OCH3 is 1. The molecule has 0 bridgehead atoms. The highest BCUT2D eigenvalue weighted by Gasteiger charge is 2.33. The van der Waals surface area contributed by atoms with Gasteiger partial charge in [0.2, 0.25) is 15.9 Å². The zero-order valence-corrected chi connectivity index (χ0v) is 19.6. The van der Waals surface area contributed by atoms with Crippen LogP contribution in [0.3, 0.4) is 0 Å². The molecule has 0 aliphatic carbocycles. The van der Waals surface area contributed by atoms with E-state index in [0.717, 1.165) is 15.1 Å². The number of thiazole rings is 1. The number of fused-ring (bicyclic) bond motifs is 1. The van der Waals surface area contributed by atoms with E-state index >= 15 is 0 Å². The number of hydrogen-bond donors (Lipinski definition) is 1. The number of sulfonamides is 1. The Morgan fingerprint density at radius 3 is 2.74 bits per heavy atom. The lowest BCUT2D eigenvalue weighted by atomic mass is 9.99. The maximum absolute atomic E-state index is 13.0. The third kappa shape index (κ3) is 4.57. The number of rotatable bonds is 6. The van der Waals surface area contributed by atoms with Crippen LogP contribution in [0.4, 0.5) is 5.13 Å². The van der Waals surface area contributed by atoms with E-state index in [-0.39, 0.29) is 17.3 Å². The van der Waals surface area contributed by atoms with Crippen molar-refractivity contribution in [2.45, 2.75) is 22.6 Å². The highest BCUT2D eigenvalue weighted by atomic mass is 32.2. The van der Waals surface area contributed by atoms with Crippen molar-refractivity contribution in [2.24, 2.45) is 5.92 Å². The Labute approximate surface area is 189 Å². The third-order valence-corrected chi connectivity index (χ3v) is 8.87. The minimum atomic E-state index is -3.67. The van der Waals surface area contributed by atoms with Crippen molar-refractivity contribution in [3.05, 3.63) is 42.5 Å². The van der Waals surface area contributed by atoms with Gasteiger partial charge in [0.25, 0.3) is 0 Å². The normalized spacial score (nSPS) is 17.5. The van der Waals surface area contributed by atoms with Crippen molar-refractivity contribution in [1.82, 2.24) is 9.29 Å². The molecule has 2 heterocycles. The van der Waals surface area contributed by atoms with Crippen LogP contribution in [-0.2, 0) is 14.8 Å². The molecule has 1 aliphatic heterocycles. The van der Waals surface area contributed by atoms with Crippen molar-refractivity contribution in [1.29, 1.82) is 0 Å². The standard InChI is InChI=1S/C21H23N3O4S3/c1-28-15-8-10-16(11-9-15)31(26,27)24-12-4-5-14(13-24)20(25)23-21-22-19-17(29-2)6-3-7-18(19)30-21/h3,6-11,14H,4-5,12-13H2,1-2H3,(H,22,23,25). The lowest BCUT2D eigenvalue weighted by Gasteiger charge is -2.31. The molecule has 0 saturated carbocycles. The molecule has 31 heavy (non-hydrogen) atoms. The highest BCUT2D eigenvalue weighted by molar-refractivity contribution is 7.98. The summed E-state index contributed by atoms with van der Waals surface area (Å²) < 4.78 is 33.6. The first-order valence-corrected chi connectivity index (χ1v) is 13.3. The van der Waals surface area contributed by atoms with Gasteiger partial charge in [-0.2, -0.15) is 4.31 Å². The van der Waals surface area contributed by atoms with E-state index in [2.05, 4.69) is 10.3 Å². The first kappa shape index (κ1) is 22.1. The van der Waals surface area contributed by atoms with E-state index in [1.807, 2.05) is 24.5 Å². The van der Waals surface area contributed by atoms with E-state index in [1.165, 1.54) is 34.9 Å². The van der Waals surface area contributed by atoms with E-state index in [9.17, 15) is 13.2 Å². The average Bonchev–Trinajstić information content (AvgIpc) is 3.21. The predicted molar refractivity (Wildman–Crippen MR) is 125 cm³/mol. The second-order valence-electron chi connectivity index (χ2n) is 7.19. The summed E-state index contributed by atoms with van der Waals surface area (Å²) in [5, 5.41) is 3.44. The highest BCUT2D eigenvalue weighted by Crippen LogP contribution is 2.33. The molecular formula is C21H23N3O4S3. The molecule has 7 nitrogen and oxygen atoms in total. The van der Waals surface area contributed by atoms with Gasteiger partial charge in [0, 0.05) is 18.0 Å². The topological polar surface area (TPSA) is 88.6 Å². The molecular weight excluding hydrogens is 454 g/mol. The van der Waals surface area contributed by atoms with Crippen LogP contribution in [0.5, 0.6) is 5.75 Å². The molecule has 1 atom stereocenters. The molecule has 0 radical (unpaired) electrons. The Kier molecular flexibility index (Phi) is 6.52. The number of nitrogens with one attached hydrogen (secondary N) is 1. The monoisotopic (exact) mass is 477 g/mol. The van der Waals surface area contributed by atoms with Gasteiger partial charge in [0.15, 0.2) is 5.13 Å². The van der Waals surface area contributed by atoms with Gasteiger partial charge in [0.05, 0.1) is 28.1 Å². The molecule has 1 unspecified atom stereocenters. The van der Waals surface area contributed by atoms with Crippen LogP contribution < -0.4 is 10.1 Å². The summed E-state index contributed by atoms with van der Waals surface area (Å²) in [5.41, 5.74) is 0.877. The number of carbonyl (C=O) groups is 1. The van der Waals surface area contributed by atoms with Gasteiger partial charge in [-0.3, -0.25) is 4.79 Å². The molecule has 4 rings (SSSR count). The van der Waals surface area contributed by atoms with Crippen molar-refractivity contribution in [3.63, 3.8) is 0 Å². The quantitative estimate of drug-likeness (QED) is 0.539. The molecule has 3 aromatic rings. The molecule has 1 N–H and O–H groups in total. The van der Waals surface area contributed by atoms with Gasteiger partial charge in [-0.05, 0) is 55.5 Å². The van der Waals surface area contributed by atoms with Gasteiger partial charge in [-0.25, -0.2) is 13.4 Å². The van der Waals surface area contributed by atoms with Gasteiger partial charge in [-0.15, -0.1) is 11.8 Å². The van der Waals surface area contributed by atoms with Gasteiger partial charge in [0.1, 0.15) is 5.75 Å². The van der Waals surface area contributed by atoms with Crippen LogP contribution in [0.2, 0.25) is 0 Å². The van der Waals surface area contributed by atoms with Gasteiger partial charge in [-0.1, -0.05) is 17.4 Å². The van der Waals surface area contributed by atoms with Crippen LogP contribution in [0.25, 0.3) is 10.2 Å². The van der Waals surface area contributed by atoms with E-state index in [1.54, 1.807) is 23.9 Å². The number of para-hydroxylation sites is 1. The SMILES string of the molecule is COc1ccc(S(=O)(=O)N2CCCC(C(=O)Nc3nc4c(SC)cccc4s3)C2)cc1. The largest absolute Gasteiger partial charge is 0.497 e. The number of thioether (sulfide) groups is 1. The second kappa shape index (κ2) is 9.15. The molecule has 164 valence electrons. The molecule has 10 heteroatoms. The number of piperidine rings is 1. The fourth-order valence-electron chi connectivity index (χ4n) is 3.62. The van der Waals surface area contributed by atoms with Crippen LogP contribution in [-0.4, -0.2) is 50.1 Å². The van der Waals surface area contributed by atoms with Crippen LogP contribution in [0, 0.1) is 5.92 Å². The summed E-state index contributed by atoms with van der Waals surface area (Å²) in [5.74, 6) is -0.0245. The maximum Gasteiger partial charge on any atom is 0.243 e. The smallest absolute Gasteiger partial charge is 0.243 e. The third-order valence-electron chi connectivity index (χ3n) is 5.28. The number of amides is 1. The number of benzene rings is 2. The number of hydrogen-bond acceptors (Lipinski definition) is 7. The molecule has 1 saturated heterocycles. The van der Waals surface area contributed by atoms with Crippen LogP contribution >= 0.6 is 23.1 Å².